The topological polar surface area (TPSA) is 120 Å². The number of hydrogen-bond donors (Lipinski definition) is 4. The van der Waals surface area contributed by atoms with Gasteiger partial charge in [-0.3, -0.25) is 19.7 Å². The lowest BCUT2D eigenvalue weighted by Gasteiger charge is -2.39. The quantitative estimate of drug-likeness (QED) is 0.0512. The first-order valence-corrected chi connectivity index (χ1v) is 18.0. The van der Waals surface area contributed by atoms with Crippen LogP contribution in [0.5, 0.6) is 0 Å². The number of carbonyl (C=O) groups is 2. The van der Waals surface area contributed by atoms with E-state index in [1.807, 2.05) is 54.6 Å². The van der Waals surface area contributed by atoms with Gasteiger partial charge >= 0.3 is 0 Å². The van der Waals surface area contributed by atoms with E-state index in [-0.39, 0.29) is 43.1 Å². The van der Waals surface area contributed by atoms with Gasteiger partial charge in [0, 0.05) is 44.0 Å². The van der Waals surface area contributed by atoms with Crippen molar-refractivity contribution < 1.29 is 29.4 Å². The van der Waals surface area contributed by atoms with Crippen LogP contribution in [0.15, 0.2) is 103 Å². The first kappa shape index (κ1) is 37.9. The second kappa shape index (κ2) is 19.3. The number of amides is 2. The van der Waals surface area contributed by atoms with Crippen molar-refractivity contribution in [1.82, 2.24) is 15.7 Å². The standard InChI is InChI=1S/C42H51N3O6/c1-30(33-13-6-5-7-14-33)45(2)28-38-26-39(34-22-20-31(29-46)21-23-34)51-42(50-38)37-17-11-16-36(25-37)35-15-10-12-32(24-35)27-43-40(47)18-8-3-4-9-19-41(48)44-49/h5-7,10-17,20-25,30,38-39,42,46,49H,3-4,8-9,18-19,26-29H2,1-2H3,(H,43,47)(H,44,48)/t30-,38-,39+,42+/m0/s1. The molecule has 0 radical (unpaired) electrons. The largest absolute Gasteiger partial charge is 0.392 e. The Labute approximate surface area is 301 Å². The number of hydrogen-bond acceptors (Lipinski definition) is 7. The van der Waals surface area contributed by atoms with Crippen LogP contribution in [0.4, 0.5) is 0 Å². The number of aliphatic hydroxyl groups is 1. The molecule has 4 N–H and O–H groups in total. The molecule has 0 aliphatic carbocycles. The van der Waals surface area contributed by atoms with Gasteiger partial charge in [-0.2, -0.15) is 0 Å². The second-order valence-corrected chi connectivity index (χ2v) is 13.4. The Morgan fingerprint density at radius 2 is 1.47 bits per heavy atom. The maximum Gasteiger partial charge on any atom is 0.243 e. The Morgan fingerprint density at radius 3 is 2.18 bits per heavy atom. The van der Waals surface area contributed by atoms with Crippen LogP contribution in [-0.2, 0) is 32.2 Å². The van der Waals surface area contributed by atoms with Crippen molar-refractivity contribution in [2.75, 3.05) is 13.6 Å². The number of ether oxygens (including phenoxy) is 2. The maximum atomic E-state index is 12.5. The molecule has 9 heteroatoms. The third-order valence-electron chi connectivity index (χ3n) is 9.64. The van der Waals surface area contributed by atoms with Gasteiger partial charge in [0.1, 0.15) is 0 Å². The molecule has 2 amide bonds. The molecule has 51 heavy (non-hydrogen) atoms. The lowest BCUT2D eigenvalue weighted by atomic mass is 9.98. The summed E-state index contributed by atoms with van der Waals surface area (Å²) in [6.07, 6.45) is 3.74. The van der Waals surface area contributed by atoms with Crippen LogP contribution < -0.4 is 10.8 Å². The number of benzene rings is 4. The third kappa shape index (κ3) is 11.3. The summed E-state index contributed by atoms with van der Waals surface area (Å²) in [6, 6.07) is 35.1. The van der Waals surface area contributed by atoms with E-state index in [0.29, 0.717) is 25.8 Å². The molecule has 0 spiro atoms. The normalized spacial score (nSPS) is 17.9. The molecule has 4 atom stereocenters. The number of aliphatic hydroxyl groups excluding tert-OH is 1. The molecule has 1 aliphatic heterocycles. The predicted molar refractivity (Wildman–Crippen MR) is 197 cm³/mol. The van der Waals surface area contributed by atoms with Gasteiger partial charge in [0.25, 0.3) is 0 Å². The number of nitrogens with one attached hydrogen (secondary N) is 2. The van der Waals surface area contributed by atoms with Gasteiger partial charge in [0.2, 0.25) is 11.8 Å². The van der Waals surface area contributed by atoms with Crippen molar-refractivity contribution in [3.63, 3.8) is 0 Å². The first-order chi connectivity index (χ1) is 24.8. The van der Waals surface area contributed by atoms with Crippen LogP contribution in [0.1, 0.15) is 98.1 Å². The van der Waals surface area contributed by atoms with Crippen LogP contribution in [0.3, 0.4) is 0 Å². The highest BCUT2D eigenvalue weighted by Crippen LogP contribution is 2.39. The number of likely N-dealkylation sites (N-methyl/N-ethyl adjacent to an activating group) is 1. The summed E-state index contributed by atoms with van der Waals surface area (Å²) in [7, 11) is 2.14. The average Bonchev–Trinajstić information content (AvgIpc) is 3.18. The minimum Gasteiger partial charge on any atom is -0.392 e. The smallest absolute Gasteiger partial charge is 0.243 e. The Bertz CT molecular complexity index is 1680. The van der Waals surface area contributed by atoms with Gasteiger partial charge in [0.05, 0.1) is 18.8 Å². The maximum absolute atomic E-state index is 12.5. The van der Waals surface area contributed by atoms with Gasteiger partial charge < -0.3 is 19.9 Å². The van der Waals surface area contributed by atoms with Gasteiger partial charge in [0.15, 0.2) is 6.29 Å². The zero-order valence-corrected chi connectivity index (χ0v) is 29.7. The molecule has 270 valence electrons. The lowest BCUT2D eigenvalue weighted by molar-refractivity contribution is -0.253. The minimum atomic E-state index is -0.569. The van der Waals surface area contributed by atoms with Crippen LogP contribution in [0.2, 0.25) is 0 Å². The minimum absolute atomic E-state index is 0.000782. The van der Waals surface area contributed by atoms with E-state index in [2.05, 4.69) is 72.7 Å². The van der Waals surface area contributed by atoms with E-state index in [1.54, 1.807) is 5.48 Å². The van der Waals surface area contributed by atoms with E-state index >= 15 is 0 Å². The van der Waals surface area contributed by atoms with Crippen molar-refractivity contribution in [3.05, 3.63) is 131 Å². The zero-order chi connectivity index (χ0) is 36.0. The molecule has 4 aromatic carbocycles. The highest BCUT2D eigenvalue weighted by Gasteiger charge is 2.33. The van der Waals surface area contributed by atoms with Crippen molar-refractivity contribution in [3.8, 4) is 11.1 Å². The molecule has 0 aromatic heterocycles. The summed E-state index contributed by atoms with van der Waals surface area (Å²) in [4.78, 5) is 25.9. The van der Waals surface area contributed by atoms with Gasteiger partial charge in [-0.05, 0) is 72.3 Å². The molecule has 9 nitrogen and oxygen atoms in total. The summed E-state index contributed by atoms with van der Waals surface area (Å²) >= 11 is 0. The van der Waals surface area contributed by atoms with Crippen molar-refractivity contribution >= 4 is 11.8 Å². The number of carbonyl (C=O) groups excluding carboxylic acids is 2. The Kier molecular flexibility index (Phi) is 14.3. The molecule has 0 unspecified atom stereocenters. The zero-order valence-electron chi connectivity index (χ0n) is 29.7. The second-order valence-electron chi connectivity index (χ2n) is 13.4. The van der Waals surface area contributed by atoms with Crippen molar-refractivity contribution in [2.24, 2.45) is 0 Å². The molecule has 5 rings (SSSR count). The average molecular weight is 694 g/mol. The molecule has 1 saturated heterocycles. The van der Waals surface area contributed by atoms with Crippen molar-refractivity contribution in [1.29, 1.82) is 0 Å². The van der Waals surface area contributed by atoms with Crippen LogP contribution in [0, 0.1) is 0 Å². The first-order valence-electron chi connectivity index (χ1n) is 18.0. The monoisotopic (exact) mass is 693 g/mol. The van der Waals surface area contributed by atoms with Gasteiger partial charge in [-0.25, -0.2) is 5.48 Å². The summed E-state index contributed by atoms with van der Waals surface area (Å²) in [5, 5.41) is 21.2. The molecule has 1 heterocycles. The summed E-state index contributed by atoms with van der Waals surface area (Å²) < 4.78 is 13.4. The third-order valence-corrected chi connectivity index (χ3v) is 9.64. The molecule has 4 aromatic rings. The predicted octanol–water partition coefficient (Wildman–Crippen LogP) is 7.55. The molecular weight excluding hydrogens is 642 g/mol. The molecule has 0 saturated carbocycles. The number of rotatable bonds is 17. The summed E-state index contributed by atoms with van der Waals surface area (Å²) in [6.45, 7) is 3.38. The SMILES string of the molecule is C[C@@H](c1ccccc1)N(C)C[C@@H]1C[C@H](c2ccc(CO)cc2)O[C@H](c2cccc(-c3cccc(CNC(=O)CCCCCCC(=O)NO)c3)c2)O1. The van der Waals surface area contributed by atoms with E-state index < -0.39 is 6.29 Å². The molecule has 1 aliphatic rings. The Hall–Kier alpha value is -4.38. The van der Waals surface area contributed by atoms with E-state index in [9.17, 15) is 14.7 Å². The molecular formula is C42H51N3O6. The highest BCUT2D eigenvalue weighted by atomic mass is 16.7. The van der Waals surface area contributed by atoms with Crippen LogP contribution in [0.25, 0.3) is 11.1 Å². The lowest BCUT2D eigenvalue weighted by Crippen LogP contribution is -2.38. The van der Waals surface area contributed by atoms with Crippen molar-refractivity contribution in [2.45, 2.75) is 89.6 Å². The number of hydroxylamine groups is 1. The summed E-state index contributed by atoms with van der Waals surface area (Å²) in [5.74, 6) is -0.380. The Morgan fingerprint density at radius 1 is 0.784 bits per heavy atom. The van der Waals surface area contributed by atoms with Crippen LogP contribution >= 0.6 is 0 Å². The molecule has 0 bridgehead atoms. The number of nitrogens with zero attached hydrogens (tertiary/aromatic N) is 1. The fourth-order valence-corrected chi connectivity index (χ4v) is 6.49. The highest BCUT2D eigenvalue weighted by molar-refractivity contribution is 5.76. The van der Waals surface area contributed by atoms with Gasteiger partial charge in [-0.15, -0.1) is 0 Å². The Balaban J connectivity index is 1.24. The number of unbranched alkanes of at least 4 members (excludes halogenated alkanes) is 3. The molecule has 1 fully saturated rings. The summed E-state index contributed by atoms with van der Waals surface area (Å²) in [5.41, 5.74) is 8.83. The fraction of sp³-hybridized carbons (Fsp3) is 0.381. The fourth-order valence-electron chi connectivity index (χ4n) is 6.49. The van der Waals surface area contributed by atoms with Gasteiger partial charge in [-0.1, -0.05) is 104 Å². The van der Waals surface area contributed by atoms with E-state index in [1.165, 1.54) is 5.56 Å². The van der Waals surface area contributed by atoms with E-state index in [4.69, 9.17) is 14.7 Å². The van der Waals surface area contributed by atoms with Crippen LogP contribution in [-0.4, -0.2) is 46.7 Å². The van der Waals surface area contributed by atoms with E-state index in [0.717, 1.165) is 59.2 Å².